The lowest BCUT2D eigenvalue weighted by Crippen LogP contribution is -2.47. The van der Waals surface area contributed by atoms with Crippen LogP contribution in [0, 0.1) is 5.92 Å². The quantitative estimate of drug-likeness (QED) is 0.640. The van der Waals surface area contributed by atoms with Gasteiger partial charge in [-0.15, -0.1) is 0 Å². The zero-order valence-electron chi connectivity index (χ0n) is 16.9. The molecule has 0 aliphatic carbocycles. The van der Waals surface area contributed by atoms with Crippen LogP contribution in [0.15, 0.2) is 36.5 Å². The lowest BCUT2D eigenvalue weighted by molar-refractivity contribution is -0.138. The highest BCUT2D eigenvalue weighted by atomic mass is 35.5. The molecule has 166 valence electrons. The number of benzene rings is 1. The number of aromatic nitrogens is 1. The molecule has 1 aromatic carbocycles. The molecule has 0 spiro atoms. The second kappa shape index (κ2) is 9.23. The molecule has 2 amide bonds. The molecule has 1 aromatic heterocycles. The van der Waals surface area contributed by atoms with Crippen molar-refractivity contribution in [3.8, 4) is 0 Å². The standard InChI is InChI=1S/C21H22ClF3N4O2/c1-11(2)20(31)27-9-12-3-5-15(22)14(7-12)19-28-17(8-18(30)29-19)16-6-4-13(10-26-16)21(23,24)25/h3-7,10-11,17,19,28H,8-9H2,1-2H3,(H,27,31)(H,29,30). The van der Waals surface area contributed by atoms with Gasteiger partial charge >= 0.3 is 6.18 Å². The number of carbonyl (C=O) groups excluding carboxylic acids is 2. The maximum absolute atomic E-state index is 12.8. The summed E-state index contributed by atoms with van der Waals surface area (Å²) >= 11 is 6.34. The Labute approximate surface area is 182 Å². The van der Waals surface area contributed by atoms with E-state index in [0.717, 1.165) is 17.8 Å². The predicted molar refractivity (Wildman–Crippen MR) is 109 cm³/mol. The van der Waals surface area contributed by atoms with Crippen molar-refractivity contribution in [2.45, 2.75) is 45.2 Å². The Morgan fingerprint density at radius 3 is 2.65 bits per heavy atom. The number of carbonyl (C=O) groups is 2. The average Bonchev–Trinajstić information content (AvgIpc) is 2.71. The SMILES string of the molecule is CC(C)C(=O)NCc1ccc(Cl)c(C2NC(=O)CC(c3ccc(C(F)(F)F)cn3)N2)c1. The number of halogens is 4. The Morgan fingerprint density at radius 1 is 1.29 bits per heavy atom. The van der Waals surface area contributed by atoms with E-state index in [4.69, 9.17) is 11.6 Å². The molecule has 1 fully saturated rings. The molecule has 3 rings (SSSR count). The number of nitrogens with one attached hydrogen (secondary N) is 3. The van der Waals surface area contributed by atoms with E-state index >= 15 is 0 Å². The first kappa shape index (κ1) is 23.0. The number of alkyl halides is 3. The number of amides is 2. The van der Waals surface area contributed by atoms with Gasteiger partial charge in [0.2, 0.25) is 11.8 Å². The maximum Gasteiger partial charge on any atom is 0.417 e. The van der Waals surface area contributed by atoms with Crippen LogP contribution in [0.2, 0.25) is 5.02 Å². The first-order valence-electron chi connectivity index (χ1n) is 9.69. The number of hydrogen-bond acceptors (Lipinski definition) is 4. The van der Waals surface area contributed by atoms with E-state index in [0.29, 0.717) is 22.8 Å². The molecular weight excluding hydrogens is 433 g/mol. The maximum atomic E-state index is 12.8. The fourth-order valence-corrected chi connectivity index (χ4v) is 3.39. The van der Waals surface area contributed by atoms with Gasteiger partial charge < -0.3 is 10.6 Å². The average molecular weight is 455 g/mol. The molecule has 2 unspecified atom stereocenters. The molecule has 31 heavy (non-hydrogen) atoms. The van der Waals surface area contributed by atoms with Crippen molar-refractivity contribution in [1.29, 1.82) is 0 Å². The molecule has 3 N–H and O–H groups in total. The molecule has 1 aliphatic heterocycles. The Bertz CT molecular complexity index is 964. The van der Waals surface area contributed by atoms with E-state index < -0.39 is 23.9 Å². The highest BCUT2D eigenvalue weighted by Gasteiger charge is 2.33. The van der Waals surface area contributed by atoms with Gasteiger partial charge in [0.25, 0.3) is 0 Å². The summed E-state index contributed by atoms with van der Waals surface area (Å²) in [4.78, 5) is 28.0. The topological polar surface area (TPSA) is 83.1 Å². The summed E-state index contributed by atoms with van der Waals surface area (Å²) in [5.74, 6) is -0.526. The molecular formula is C21H22ClF3N4O2. The second-order valence-electron chi connectivity index (χ2n) is 7.62. The van der Waals surface area contributed by atoms with Crippen molar-refractivity contribution < 1.29 is 22.8 Å². The van der Waals surface area contributed by atoms with Crippen LogP contribution in [0.5, 0.6) is 0 Å². The van der Waals surface area contributed by atoms with Gasteiger partial charge in [0.1, 0.15) is 6.17 Å². The third-order valence-electron chi connectivity index (χ3n) is 4.90. The Balaban J connectivity index is 1.79. The van der Waals surface area contributed by atoms with Gasteiger partial charge in [0.15, 0.2) is 0 Å². The predicted octanol–water partition coefficient (Wildman–Crippen LogP) is 3.88. The van der Waals surface area contributed by atoms with Crippen LogP contribution in [-0.4, -0.2) is 16.8 Å². The van der Waals surface area contributed by atoms with Gasteiger partial charge in [0.05, 0.1) is 17.3 Å². The summed E-state index contributed by atoms with van der Waals surface area (Å²) in [6.07, 6.45) is -4.37. The fraction of sp³-hybridized carbons (Fsp3) is 0.381. The first-order chi connectivity index (χ1) is 14.5. The first-order valence-corrected chi connectivity index (χ1v) is 10.1. The zero-order valence-corrected chi connectivity index (χ0v) is 17.6. The van der Waals surface area contributed by atoms with E-state index in [1.807, 2.05) is 0 Å². The Kier molecular flexibility index (Phi) is 6.86. The second-order valence-corrected chi connectivity index (χ2v) is 8.03. The lowest BCUT2D eigenvalue weighted by atomic mass is 10.0. The molecule has 0 bridgehead atoms. The van der Waals surface area contributed by atoms with Crippen molar-refractivity contribution in [2.75, 3.05) is 0 Å². The zero-order chi connectivity index (χ0) is 22.8. The van der Waals surface area contributed by atoms with Gasteiger partial charge in [0, 0.05) is 35.7 Å². The number of hydrogen-bond donors (Lipinski definition) is 3. The summed E-state index contributed by atoms with van der Waals surface area (Å²) in [5.41, 5.74) is 0.846. The largest absolute Gasteiger partial charge is 0.417 e. The molecule has 10 heteroatoms. The number of nitrogens with zero attached hydrogens (tertiary/aromatic N) is 1. The monoisotopic (exact) mass is 454 g/mol. The third-order valence-corrected chi connectivity index (χ3v) is 5.24. The van der Waals surface area contributed by atoms with Crippen LogP contribution in [0.3, 0.4) is 0 Å². The van der Waals surface area contributed by atoms with Crippen molar-refractivity contribution in [3.05, 3.63) is 63.9 Å². The van der Waals surface area contributed by atoms with Crippen LogP contribution in [-0.2, 0) is 22.3 Å². The summed E-state index contributed by atoms with van der Waals surface area (Å²) in [6, 6.07) is 6.82. The summed E-state index contributed by atoms with van der Waals surface area (Å²) < 4.78 is 38.4. The number of pyridine rings is 1. The summed E-state index contributed by atoms with van der Waals surface area (Å²) in [5, 5.41) is 9.19. The van der Waals surface area contributed by atoms with Gasteiger partial charge in [-0.05, 0) is 29.8 Å². The molecule has 1 saturated heterocycles. The molecule has 6 nitrogen and oxygen atoms in total. The van der Waals surface area contributed by atoms with Crippen LogP contribution < -0.4 is 16.0 Å². The van der Waals surface area contributed by atoms with E-state index in [-0.39, 0.29) is 24.2 Å². The van der Waals surface area contributed by atoms with Crippen molar-refractivity contribution in [2.24, 2.45) is 5.92 Å². The molecule has 2 heterocycles. The van der Waals surface area contributed by atoms with Crippen LogP contribution in [0.4, 0.5) is 13.2 Å². The third kappa shape index (κ3) is 5.74. The van der Waals surface area contributed by atoms with E-state index in [9.17, 15) is 22.8 Å². The minimum atomic E-state index is -4.48. The smallest absolute Gasteiger partial charge is 0.352 e. The van der Waals surface area contributed by atoms with E-state index in [2.05, 4.69) is 20.9 Å². The van der Waals surface area contributed by atoms with Gasteiger partial charge in [-0.1, -0.05) is 31.5 Å². The van der Waals surface area contributed by atoms with Gasteiger partial charge in [-0.2, -0.15) is 13.2 Å². The molecule has 0 saturated carbocycles. The summed E-state index contributed by atoms with van der Waals surface area (Å²) in [6.45, 7) is 3.88. The van der Waals surface area contributed by atoms with Crippen molar-refractivity contribution in [1.82, 2.24) is 20.9 Å². The van der Waals surface area contributed by atoms with Crippen molar-refractivity contribution in [3.63, 3.8) is 0 Å². The molecule has 2 atom stereocenters. The highest BCUT2D eigenvalue weighted by Crippen LogP contribution is 2.32. The minimum Gasteiger partial charge on any atom is -0.352 e. The van der Waals surface area contributed by atoms with E-state index in [1.165, 1.54) is 6.07 Å². The number of rotatable bonds is 5. The summed E-state index contributed by atoms with van der Waals surface area (Å²) in [7, 11) is 0. The minimum absolute atomic E-state index is 0.0244. The Hall–Kier alpha value is -2.65. The van der Waals surface area contributed by atoms with E-state index in [1.54, 1.807) is 32.0 Å². The fourth-order valence-electron chi connectivity index (χ4n) is 3.16. The lowest BCUT2D eigenvalue weighted by Gasteiger charge is -2.32. The highest BCUT2D eigenvalue weighted by molar-refractivity contribution is 6.31. The van der Waals surface area contributed by atoms with Crippen molar-refractivity contribution >= 4 is 23.4 Å². The van der Waals surface area contributed by atoms with Crippen LogP contribution >= 0.6 is 11.6 Å². The van der Waals surface area contributed by atoms with Crippen LogP contribution in [0.25, 0.3) is 0 Å². The molecule has 0 radical (unpaired) electrons. The van der Waals surface area contributed by atoms with Gasteiger partial charge in [-0.25, -0.2) is 0 Å². The normalized spacial score (nSPS) is 19.3. The molecule has 2 aromatic rings. The Morgan fingerprint density at radius 2 is 2.03 bits per heavy atom. The van der Waals surface area contributed by atoms with Gasteiger partial charge in [-0.3, -0.25) is 19.9 Å². The van der Waals surface area contributed by atoms with Crippen LogP contribution in [0.1, 0.15) is 54.9 Å². The molecule has 1 aliphatic rings.